The third-order valence-corrected chi connectivity index (χ3v) is 5.16. The Labute approximate surface area is 173 Å². The van der Waals surface area contributed by atoms with Crippen LogP contribution >= 0.6 is 0 Å². The summed E-state index contributed by atoms with van der Waals surface area (Å²) in [5.41, 5.74) is 4.93. The Morgan fingerprint density at radius 1 is 0.933 bits per heavy atom. The third kappa shape index (κ3) is 3.53. The summed E-state index contributed by atoms with van der Waals surface area (Å²) in [6.07, 6.45) is 5.50. The van der Waals surface area contributed by atoms with Gasteiger partial charge in [0.15, 0.2) is 0 Å². The zero-order valence-electron chi connectivity index (χ0n) is 16.5. The van der Waals surface area contributed by atoms with E-state index in [1.165, 1.54) is 17.7 Å². The highest BCUT2D eigenvalue weighted by atomic mass is 19.1. The highest BCUT2D eigenvalue weighted by Gasteiger charge is 2.16. The molecule has 0 radical (unpaired) electrons. The van der Waals surface area contributed by atoms with Gasteiger partial charge < -0.3 is 0 Å². The van der Waals surface area contributed by atoms with Crippen molar-refractivity contribution in [3.8, 4) is 11.3 Å². The second-order valence-electron chi connectivity index (χ2n) is 7.41. The average molecular weight is 397 g/mol. The third-order valence-electron chi connectivity index (χ3n) is 5.16. The van der Waals surface area contributed by atoms with Gasteiger partial charge in [0, 0.05) is 42.6 Å². The van der Waals surface area contributed by atoms with Crippen LogP contribution in [0.3, 0.4) is 0 Å². The first kappa shape index (κ1) is 18.4. The second kappa shape index (κ2) is 7.65. The number of halogens is 1. The monoisotopic (exact) mass is 397 g/mol. The number of nitrogens with zero attached hydrogens (tertiary/aromatic N) is 5. The van der Waals surface area contributed by atoms with Crippen molar-refractivity contribution in [2.24, 2.45) is 0 Å². The highest BCUT2D eigenvalue weighted by Crippen LogP contribution is 2.26. The van der Waals surface area contributed by atoms with Gasteiger partial charge >= 0.3 is 0 Å². The standard InChI is InChI=1S/C24H20FN5/c1-29(15-17-5-10-21-19(14-17)4-2-11-26-21)16-22-23(18-6-8-20(25)9-7-18)28-24-27-12-3-13-30(22)24/h2-14H,15-16H2,1H3. The molecule has 2 aromatic carbocycles. The Bertz CT molecular complexity index is 1330. The molecule has 30 heavy (non-hydrogen) atoms. The topological polar surface area (TPSA) is 46.3 Å². The van der Waals surface area contributed by atoms with Crippen LogP contribution in [0.5, 0.6) is 0 Å². The number of pyridine rings is 1. The normalized spacial score (nSPS) is 11.6. The zero-order chi connectivity index (χ0) is 20.5. The summed E-state index contributed by atoms with van der Waals surface area (Å²) in [4.78, 5) is 15.7. The molecule has 5 nitrogen and oxygen atoms in total. The first-order valence-electron chi connectivity index (χ1n) is 9.77. The highest BCUT2D eigenvalue weighted by molar-refractivity contribution is 5.78. The van der Waals surface area contributed by atoms with E-state index in [0.717, 1.165) is 34.4 Å². The van der Waals surface area contributed by atoms with Crippen LogP contribution in [0.2, 0.25) is 0 Å². The lowest BCUT2D eigenvalue weighted by Gasteiger charge is -2.18. The van der Waals surface area contributed by atoms with Crippen LogP contribution in [0, 0.1) is 5.82 Å². The quantitative estimate of drug-likeness (QED) is 0.431. The van der Waals surface area contributed by atoms with Crippen LogP contribution in [0.1, 0.15) is 11.3 Å². The molecule has 0 amide bonds. The summed E-state index contributed by atoms with van der Waals surface area (Å²) in [5.74, 6) is 0.377. The van der Waals surface area contributed by atoms with E-state index in [4.69, 9.17) is 4.98 Å². The fraction of sp³-hybridized carbons (Fsp3) is 0.125. The molecule has 0 aliphatic heterocycles. The lowest BCUT2D eigenvalue weighted by atomic mass is 10.1. The molecule has 0 atom stereocenters. The van der Waals surface area contributed by atoms with E-state index >= 15 is 0 Å². The van der Waals surface area contributed by atoms with Crippen molar-refractivity contribution in [3.63, 3.8) is 0 Å². The Hall–Kier alpha value is -3.64. The van der Waals surface area contributed by atoms with E-state index in [2.05, 4.69) is 46.2 Å². The molecule has 0 fully saturated rings. The minimum atomic E-state index is -0.259. The first-order chi connectivity index (χ1) is 14.7. The maximum Gasteiger partial charge on any atom is 0.234 e. The van der Waals surface area contributed by atoms with Crippen LogP contribution in [-0.4, -0.2) is 31.3 Å². The van der Waals surface area contributed by atoms with Gasteiger partial charge in [-0.25, -0.2) is 14.4 Å². The van der Waals surface area contributed by atoms with Crippen LogP contribution in [0.4, 0.5) is 4.39 Å². The van der Waals surface area contributed by atoms with Crippen molar-refractivity contribution in [2.75, 3.05) is 7.05 Å². The van der Waals surface area contributed by atoms with Gasteiger partial charge in [0.05, 0.1) is 16.9 Å². The number of fused-ring (bicyclic) bond motifs is 2. The fourth-order valence-corrected chi connectivity index (χ4v) is 3.77. The molecule has 0 saturated heterocycles. The number of rotatable bonds is 5. The van der Waals surface area contributed by atoms with Crippen LogP contribution < -0.4 is 0 Å². The molecule has 148 valence electrons. The number of hydrogen-bond acceptors (Lipinski definition) is 4. The fourth-order valence-electron chi connectivity index (χ4n) is 3.77. The van der Waals surface area contributed by atoms with E-state index in [-0.39, 0.29) is 5.82 Å². The van der Waals surface area contributed by atoms with Crippen molar-refractivity contribution in [3.05, 3.63) is 96.3 Å². The molecule has 6 heteroatoms. The van der Waals surface area contributed by atoms with Gasteiger partial charge in [-0.1, -0.05) is 12.1 Å². The predicted molar refractivity (Wildman–Crippen MR) is 115 cm³/mol. The largest absolute Gasteiger partial charge is 0.296 e. The number of aromatic nitrogens is 4. The summed E-state index contributed by atoms with van der Waals surface area (Å²) >= 11 is 0. The molecule has 0 unspecified atom stereocenters. The van der Waals surface area contributed by atoms with E-state index in [9.17, 15) is 4.39 Å². The Morgan fingerprint density at radius 3 is 2.63 bits per heavy atom. The van der Waals surface area contributed by atoms with Crippen molar-refractivity contribution >= 4 is 16.7 Å². The Morgan fingerprint density at radius 2 is 1.77 bits per heavy atom. The maximum absolute atomic E-state index is 13.4. The molecule has 0 spiro atoms. The molecule has 5 aromatic rings. The predicted octanol–water partition coefficient (Wildman–Crippen LogP) is 4.72. The Balaban J connectivity index is 1.47. The molecule has 3 heterocycles. The molecule has 5 rings (SSSR count). The van der Waals surface area contributed by atoms with Crippen LogP contribution in [0.15, 0.2) is 79.3 Å². The number of hydrogen-bond donors (Lipinski definition) is 0. The van der Waals surface area contributed by atoms with Gasteiger partial charge in [0.2, 0.25) is 5.78 Å². The molecule has 0 aliphatic rings. The van der Waals surface area contributed by atoms with Gasteiger partial charge in [-0.3, -0.25) is 14.3 Å². The first-order valence-corrected chi connectivity index (χ1v) is 9.77. The molecule has 0 aliphatic carbocycles. The van der Waals surface area contributed by atoms with Crippen molar-refractivity contribution < 1.29 is 4.39 Å². The molecule has 3 aromatic heterocycles. The molecule has 0 saturated carbocycles. The minimum Gasteiger partial charge on any atom is -0.296 e. The smallest absolute Gasteiger partial charge is 0.234 e. The van der Waals surface area contributed by atoms with Gasteiger partial charge in [-0.2, -0.15) is 0 Å². The summed E-state index contributed by atoms with van der Waals surface area (Å²) in [5, 5.41) is 1.13. The van der Waals surface area contributed by atoms with Crippen molar-refractivity contribution in [2.45, 2.75) is 13.1 Å². The van der Waals surface area contributed by atoms with E-state index < -0.39 is 0 Å². The van der Waals surface area contributed by atoms with E-state index in [1.807, 2.05) is 28.9 Å². The zero-order valence-corrected chi connectivity index (χ0v) is 16.5. The Kier molecular flexibility index (Phi) is 4.69. The second-order valence-corrected chi connectivity index (χ2v) is 7.41. The van der Waals surface area contributed by atoms with Crippen molar-refractivity contribution in [1.29, 1.82) is 0 Å². The summed E-state index contributed by atoms with van der Waals surface area (Å²) in [7, 11) is 2.08. The maximum atomic E-state index is 13.4. The summed E-state index contributed by atoms with van der Waals surface area (Å²) < 4.78 is 15.4. The van der Waals surface area contributed by atoms with Gasteiger partial charge in [-0.15, -0.1) is 0 Å². The summed E-state index contributed by atoms with van der Waals surface area (Å²) in [6.45, 7) is 1.45. The molecule has 0 bridgehead atoms. The van der Waals surface area contributed by atoms with Crippen LogP contribution in [-0.2, 0) is 13.1 Å². The number of benzene rings is 2. The van der Waals surface area contributed by atoms with Gasteiger partial charge in [0.1, 0.15) is 5.82 Å². The minimum absolute atomic E-state index is 0.259. The van der Waals surface area contributed by atoms with E-state index in [0.29, 0.717) is 12.3 Å². The van der Waals surface area contributed by atoms with Gasteiger partial charge in [0.25, 0.3) is 0 Å². The van der Waals surface area contributed by atoms with Crippen molar-refractivity contribution in [1.82, 2.24) is 24.3 Å². The molecular weight excluding hydrogens is 377 g/mol. The number of imidazole rings is 1. The average Bonchev–Trinajstić information content (AvgIpc) is 3.12. The molecule has 0 N–H and O–H groups in total. The van der Waals surface area contributed by atoms with Gasteiger partial charge in [-0.05, 0) is 61.1 Å². The lowest BCUT2D eigenvalue weighted by molar-refractivity contribution is 0.315. The van der Waals surface area contributed by atoms with E-state index in [1.54, 1.807) is 18.3 Å². The summed E-state index contributed by atoms with van der Waals surface area (Å²) in [6, 6.07) is 18.7. The van der Waals surface area contributed by atoms with Crippen LogP contribution in [0.25, 0.3) is 27.9 Å². The SMILES string of the molecule is CN(Cc1ccc2ncccc2c1)Cc1c(-c2ccc(F)cc2)nc2ncccn12. The lowest BCUT2D eigenvalue weighted by Crippen LogP contribution is -2.19. The molecular formula is C24H20FN5.